The summed E-state index contributed by atoms with van der Waals surface area (Å²) in [5, 5.41) is 12.1. The number of carbonyl (C=O) groups is 2. The molecule has 0 saturated heterocycles. The molecule has 0 aliphatic heterocycles. The molecule has 9 heteroatoms. The van der Waals surface area contributed by atoms with Crippen molar-refractivity contribution < 1.29 is 22.7 Å². The zero-order chi connectivity index (χ0) is 21.1. The SMILES string of the molecule is N#CCc1ccc(NC(=O)COC(=O)CNS(=O)(=O)/C=C/c2ccccc2)cc1. The average molecular weight is 413 g/mol. The molecule has 0 fully saturated rings. The summed E-state index contributed by atoms with van der Waals surface area (Å²) in [5.41, 5.74) is 1.99. The highest BCUT2D eigenvalue weighted by Crippen LogP contribution is 2.09. The average Bonchev–Trinajstić information content (AvgIpc) is 2.72. The van der Waals surface area contributed by atoms with Crippen LogP contribution < -0.4 is 10.0 Å². The van der Waals surface area contributed by atoms with Crippen molar-refractivity contribution >= 4 is 33.7 Å². The second kappa shape index (κ2) is 10.8. The highest BCUT2D eigenvalue weighted by molar-refractivity contribution is 7.92. The van der Waals surface area contributed by atoms with Gasteiger partial charge in [-0.2, -0.15) is 5.26 Å². The topological polar surface area (TPSA) is 125 Å². The lowest BCUT2D eigenvalue weighted by molar-refractivity contribution is -0.146. The molecule has 2 N–H and O–H groups in total. The minimum atomic E-state index is -3.83. The Balaban J connectivity index is 1.74. The van der Waals surface area contributed by atoms with Crippen molar-refractivity contribution in [3.63, 3.8) is 0 Å². The van der Waals surface area contributed by atoms with Gasteiger partial charge in [0, 0.05) is 11.1 Å². The van der Waals surface area contributed by atoms with Gasteiger partial charge in [0.1, 0.15) is 6.54 Å². The van der Waals surface area contributed by atoms with E-state index in [1.54, 1.807) is 54.6 Å². The molecule has 150 valence electrons. The van der Waals surface area contributed by atoms with Gasteiger partial charge in [0.05, 0.1) is 12.5 Å². The number of hydrogen-bond acceptors (Lipinski definition) is 6. The Morgan fingerprint density at radius 3 is 2.41 bits per heavy atom. The van der Waals surface area contributed by atoms with E-state index >= 15 is 0 Å². The van der Waals surface area contributed by atoms with Crippen LogP contribution in [0, 0.1) is 11.3 Å². The third-order valence-electron chi connectivity index (χ3n) is 3.54. The van der Waals surface area contributed by atoms with Gasteiger partial charge < -0.3 is 10.1 Å². The van der Waals surface area contributed by atoms with Gasteiger partial charge in [0.25, 0.3) is 5.91 Å². The van der Waals surface area contributed by atoms with Crippen LogP contribution in [0.1, 0.15) is 11.1 Å². The van der Waals surface area contributed by atoms with E-state index in [9.17, 15) is 18.0 Å². The van der Waals surface area contributed by atoms with Gasteiger partial charge in [-0.05, 0) is 29.3 Å². The van der Waals surface area contributed by atoms with Crippen LogP contribution in [0.15, 0.2) is 60.0 Å². The van der Waals surface area contributed by atoms with Crippen molar-refractivity contribution in [1.29, 1.82) is 5.26 Å². The first-order chi connectivity index (χ1) is 13.9. The van der Waals surface area contributed by atoms with Crippen molar-refractivity contribution in [3.8, 4) is 6.07 Å². The van der Waals surface area contributed by atoms with Gasteiger partial charge in [-0.1, -0.05) is 42.5 Å². The zero-order valence-corrected chi connectivity index (χ0v) is 16.2. The summed E-state index contributed by atoms with van der Waals surface area (Å²) < 4.78 is 30.5. The molecule has 2 aromatic rings. The Hall–Kier alpha value is -3.48. The van der Waals surface area contributed by atoms with Crippen LogP contribution in [0.3, 0.4) is 0 Å². The quantitative estimate of drug-likeness (QED) is 0.604. The number of esters is 1. The molecule has 0 spiro atoms. The number of ether oxygens (including phenoxy) is 1. The molecule has 1 amide bonds. The van der Waals surface area contributed by atoms with Crippen molar-refractivity contribution in [2.45, 2.75) is 6.42 Å². The molecule has 2 rings (SSSR count). The molecule has 0 saturated carbocycles. The first-order valence-corrected chi connectivity index (χ1v) is 10.1. The molecule has 0 aliphatic rings. The lowest BCUT2D eigenvalue weighted by atomic mass is 10.1. The fourth-order valence-electron chi connectivity index (χ4n) is 2.13. The second-order valence-electron chi connectivity index (χ2n) is 5.82. The van der Waals surface area contributed by atoms with Crippen LogP contribution >= 0.6 is 0 Å². The highest BCUT2D eigenvalue weighted by Gasteiger charge is 2.12. The Morgan fingerprint density at radius 2 is 1.76 bits per heavy atom. The van der Waals surface area contributed by atoms with Crippen LogP contribution in [0.4, 0.5) is 5.69 Å². The number of hydrogen-bond donors (Lipinski definition) is 2. The summed E-state index contributed by atoms with van der Waals surface area (Å²) in [6, 6.07) is 17.5. The van der Waals surface area contributed by atoms with Crippen LogP contribution in [0.25, 0.3) is 6.08 Å². The molecule has 0 heterocycles. The summed E-state index contributed by atoms with van der Waals surface area (Å²) in [7, 11) is -3.83. The zero-order valence-electron chi connectivity index (χ0n) is 15.4. The first kappa shape index (κ1) is 21.8. The van der Waals surface area contributed by atoms with Crippen molar-refractivity contribution in [3.05, 3.63) is 71.1 Å². The normalized spacial score (nSPS) is 11.0. The Kier molecular flexibility index (Phi) is 8.09. The van der Waals surface area contributed by atoms with E-state index in [0.29, 0.717) is 11.3 Å². The molecule has 29 heavy (non-hydrogen) atoms. The molecule has 0 radical (unpaired) electrons. The summed E-state index contributed by atoms with van der Waals surface area (Å²) in [6.45, 7) is -1.15. The number of nitrogens with one attached hydrogen (secondary N) is 2. The van der Waals surface area contributed by atoms with Gasteiger partial charge in [-0.3, -0.25) is 9.59 Å². The van der Waals surface area contributed by atoms with Gasteiger partial charge in [-0.15, -0.1) is 0 Å². The van der Waals surface area contributed by atoms with Crippen LogP contribution in [0.2, 0.25) is 0 Å². The van der Waals surface area contributed by atoms with Crippen LogP contribution in [-0.4, -0.2) is 33.4 Å². The predicted molar refractivity (Wildman–Crippen MR) is 108 cm³/mol. The Bertz CT molecular complexity index is 1010. The first-order valence-electron chi connectivity index (χ1n) is 8.52. The largest absolute Gasteiger partial charge is 0.455 e. The van der Waals surface area contributed by atoms with Crippen molar-refractivity contribution in [2.75, 3.05) is 18.5 Å². The third-order valence-corrected chi connectivity index (χ3v) is 4.58. The van der Waals surface area contributed by atoms with E-state index in [0.717, 1.165) is 11.0 Å². The van der Waals surface area contributed by atoms with Crippen molar-refractivity contribution in [1.82, 2.24) is 4.72 Å². The monoisotopic (exact) mass is 413 g/mol. The van der Waals surface area contributed by atoms with Gasteiger partial charge >= 0.3 is 5.97 Å². The number of carbonyl (C=O) groups excluding carboxylic acids is 2. The van der Waals surface area contributed by atoms with Crippen LogP contribution in [0.5, 0.6) is 0 Å². The fraction of sp³-hybridized carbons (Fsp3) is 0.150. The minimum absolute atomic E-state index is 0.266. The Labute approximate surface area is 168 Å². The molecule has 8 nitrogen and oxygen atoms in total. The van der Waals surface area contributed by atoms with Gasteiger partial charge in [0.15, 0.2) is 6.61 Å². The predicted octanol–water partition coefficient (Wildman–Crippen LogP) is 1.82. The van der Waals surface area contributed by atoms with E-state index < -0.39 is 35.1 Å². The summed E-state index contributed by atoms with van der Waals surface area (Å²) in [5.74, 6) is -1.46. The number of nitrogens with zero attached hydrogens (tertiary/aromatic N) is 1. The number of nitriles is 1. The maximum absolute atomic E-state index is 11.9. The molecule has 0 aliphatic carbocycles. The van der Waals surface area contributed by atoms with E-state index in [2.05, 4.69) is 10.0 Å². The molecule has 2 aromatic carbocycles. The Morgan fingerprint density at radius 1 is 1.07 bits per heavy atom. The molecule has 0 bridgehead atoms. The standard InChI is InChI=1S/C20H19N3O5S/c21-12-10-17-6-8-18(9-7-17)23-19(24)15-28-20(25)14-22-29(26,27)13-11-16-4-2-1-3-5-16/h1-9,11,13,22H,10,14-15H2,(H,23,24)/b13-11+. The van der Waals surface area contributed by atoms with E-state index in [1.807, 2.05) is 6.07 Å². The van der Waals surface area contributed by atoms with Gasteiger partial charge in [0.2, 0.25) is 10.0 Å². The summed E-state index contributed by atoms with van der Waals surface area (Å²) >= 11 is 0. The molecular formula is C20H19N3O5S. The molecule has 0 aromatic heterocycles. The molecule has 0 unspecified atom stereocenters. The number of anilines is 1. The number of sulfonamides is 1. The lowest BCUT2D eigenvalue weighted by Crippen LogP contribution is -2.31. The maximum Gasteiger partial charge on any atom is 0.321 e. The van der Waals surface area contributed by atoms with E-state index in [1.165, 1.54) is 6.08 Å². The number of benzene rings is 2. The number of rotatable bonds is 9. The second-order valence-corrected chi connectivity index (χ2v) is 7.47. The van der Waals surface area contributed by atoms with E-state index in [-0.39, 0.29) is 6.42 Å². The molecule has 0 atom stereocenters. The van der Waals surface area contributed by atoms with Crippen molar-refractivity contribution in [2.24, 2.45) is 0 Å². The lowest BCUT2D eigenvalue weighted by Gasteiger charge is -2.07. The summed E-state index contributed by atoms with van der Waals surface area (Å²) in [4.78, 5) is 23.5. The molecular weight excluding hydrogens is 394 g/mol. The van der Waals surface area contributed by atoms with Gasteiger partial charge in [-0.25, -0.2) is 13.1 Å². The number of amides is 1. The third kappa shape index (κ3) is 8.38. The van der Waals surface area contributed by atoms with E-state index in [4.69, 9.17) is 10.00 Å². The maximum atomic E-state index is 11.9. The minimum Gasteiger partial charge on any atom is -0.455 e. The van der Waals surface area contributed by atoms with Crippen LogP contribution in [-0.2, 0) is 30.8 Å². The fourth-order valence-corrected chi connectivity index (χ4v) is 2.88. The highest BCUT2D eigenvalue weighted by atomic mass is 32.2. The summed E-state index contributed by atoms with van der Waals surface area (Å²) in [6.07, 6.45) is 1.66. The smallest absolute Gasteiger partial charge is 0.321 e.